The number of hydrogen-bond acceptors (Lipinski definition) is 9. The molecular weight excluding hydrogens is 690 g/mol. The summed E-state index contributed by atoms with van der Waals surface area (Å²) in [4.78, 5) is 77.7. The van der Waals surface area contributed by atoms with Crippen LogP contribution in [0.3, 0.4) is 0 Å². The molecule has 2 N–H and O–H groups in total. The number of carbonyl (C=O) groups is 5. The van der Waals surface area contributed by atoms with Crippen LogP contribution in [0.5, 0.6) is 11.5 Å². The van der Waals surface area contributed by atoms with Crippen LogP contribution in [-0.4, -0.2) is 103 Å². The zero-order valence-corrected chi connectivity index (χ0v) is 32.1. The van der Waals surface area contributed by atoms with Gasteiger partial charge in [-0.2, -0.15) is 0 Å². The molecule has 52 heavy (non-hydrogen) atoms. The molecule has 4 atom stereocenters. The van der Waals surface area contributed by atoms with Crippen LogP contribution >= 0.6 is 11.6 Å². The maximum atomic E-state index is 14.7. The quantitative estimate of drug-likeness (QED) is 0.282. The third-order valence-electron chi connectivity index (χ3n) is 10.8. The van der Waals surface area contributed by atoms with E-state index in [0.717, 1.165) is 32.1 Å². The summed E-state index contributed by atoms with van der Waals surface area (Å²) in [7, 11) is 3.02. The first-order chi connectivity index (χ1) is 24.7. The monoisotopic (exact) mass is 743 g/mol. The van der Waals surface area contributed by atoms with E-state index in [1.165, 1.54) is 30.4 Å². The minimum atomic E-state index is -1.10. The van der Waals surface area contributed by atoms with Gasteiger partial charge in [0.05, 0.1) is 37.5 Å². The Hall–Kier alpha value is -3.87. The zero-order chi connectivity index (χ0) is 37.8. The first kappa shape index (κ1) is 39.3. The van der Waals surface area contributed by atoms with Gasteiger partial charge in [0, 0.05) is 44.0 Å². The van der Waals surface area contributed by atoms with Crippen molar-refractivity contribution in [1.82, 2.24) is 20.4 Å². The fraction of sp³-hybridized carbons (Fsp3) is 0.684. The fourth-order valence-electron chi connectivity index (χ4n) is 7.70. The number of rotatable bonds is 13. The third-order valence-corrected chi connectivity index (χ3v) is 11.1. The van der Waals surface area contributed by atoms with Crippen LogP contribution in [0.2, 0.25) is 5.02 Å². The highest BCUT2D eigenvalue weighted by Gasteiger charge is 2.56. The van der Waals surface area contributed by atoms with E-state index in [2.05, 4.69) is 15.8 Å². The maximum absolute atomic E-state index is 14.7. The lowest BCUT2D eigenvalue weighted by Crippen LogP contribution is -2.59. The number of Topliss-reactive ketones (excluding diaryl/α,β-unsaturated/α-hetero) is 1. The number of oxime groups is 1. The second-order valence-electron chi connectivity index (χ2n) is 15.8. The molecule has 3 aliphatic heterocycles. The number of nitrogens with zero attached hydrogens (tertiary/aromatic N) is 3. The molecule has 1 aromatic rings. The molecule has 1 aliphatic carbocycles. The lowest BCUT2D eigenvalue weighted by Gasteiger charge is -2.36. The molecule has 0 bridgehead atoms. The summed E-state index contributed by atoms with van der Waals surface area (Å²) in [5.74, 6) is -1.32. The minimum Gasteiger partial charge on any atom is -0.496 e. The Morgan fingerprint density at radius 3 is 2.31 bits per heavy atom. The lowest BCUT2D eigenvalue weighted by molar-refractivity contribution is -0.149. The van der Waals surface area contributed by atoms with E-state index in [1.807, 2.05) is 27.7 Å². The summed E-state index contributed by atoms with van der Waals surface area (Å²) in [5, 5.41) is 10.6. The van der Waals surface area contributed by atoms with Gasteiger partial charge in [-0.25, -0.2) is 0 Å². The standard InChI is InChI=1S/C38H54ClN5O8/c1-7-12-26(32(46)35(48)43-15-11-16-43)40-34(47)28-21-38(20-27(42-52-38)24-18-25(39)30(51-6)19-29(24)50-5)22-44(28)36(49)33(37(2,3)4)41-31(45)17-23-13-9-8-10-14-23/h18-19,23,26,28,33H,7-17,20-22H2,1-6H3,(H,40,47)(H,41,45)/t26-,28-,33+,38?/m0/s1. The number of nitrogens with one attached hydrogen (secondary N) is 2. The molecule has 1 aromatic carbocycles. The highest BCUT2D eigenvalue weighted by Crippen LogP contribution is 2.42. The number of amides is 4. The van der Waals surface area contributed by atoms with E-state index >= 15 is 0 Å². The van der Waals surface area contributed by atoms with Gasteiger partial charge in [0.15, 0.2) is 5.60 Å². The number of halogens is 1. The van der Waals surface area contributed by atoms with E-state index in [1.54, 1.807) is 12.1 Å². The average Bonchev–Trinajstić information content (AvgIpc) is 3.68. The number of ether oxygens (including phenoxy) is 2. The Balaban J connectivity index is 1.42. The molecule has 0 aromatic heterocycles. The van der Waals surface area contributed by atoms with Crippen molar-refractivity contribution in [2.75, 3.05) is 33.9 Å². The van der Waals surface area contributed by atoms with E-state index in [0.29, 0.717) is 53.7 Å². The Bertz CT molecular complexity index is 1570. The van der Waals surface area contributed by atoms with Crippen molar-refractivity contribution in [2.24, 2.45) is 16.5 Å². The Morgan fingerprint density at radius 2 is 1.71 bits per heavy atom. The van der Waals surface area contributed by atoms with Gasteiger partial charge in [-0.15, -0.1) is 0 Å². The van der Waals surface area contributed by atoms with Crippen LogP contribution in [0.1, 0.15) is 104 Å². The summed E-state index contributed by atoms with van der Waals surface area (Å²) >= 11 is 6.48. The molecule has 4 amide bonds. The van der Waals surface area contributed by atoms with Crippen molar-refractivity contribution in [3.8, 4) is 11.5 Å². The third kappa shape index (κ3) is 8.66. The SMILES string of the molecule is CCC[C@H](NC(=O)[C@@H]1CC2(CC(c3cc(Cl)c(OC)cc3OC)=NO2)CN1C(=O)[C@@H](NC(=O)CC1CCCCC1)C(C)(C)C)C(=O)C(=O)N1CCC1. The van der Waals surface area contributed by atoms with Crippen LogP contribution in [0.4, 0.5) is 0 Å². The highest BCUT2D eigenvalue weighted by molar-refractivity contribution is 6.38. The van der Waals surface area contributed by atoms with Gasteiger partial charge in [0.25, 0.3) is 5.91 Å². The van der Waals surface area contributed by atoms with Crippen molar-refractivity contribution < 1.29 is 38.3 Å². The smallest absolute Gasteiger partial charge is 0.292 e. The zero-order valence-electron chi connectivity index (χ0n) is 31.3. The van der Waals surface area contributed by atoms with Gasteiger partial charge in [0.2, 0.25) is 23.5 Å². The number of hydrogen-bond donors (Lipinski definition) is 2. The molecule has 4 aliphatic rings. The number of methoxy groups -OCH3 is 2. The number of carbonyl (C=O) groups excluding carboxylic acids is 5. The molecule has 13 nitrogen and oxygen atoms in total. The van der Waals surface area contributed by atoms with E-state index in [-0.39, 0.29) is 37.6 Å². The Morgan fingerprint density at radius 1 is 1.02 bits per heavy atom. The van der Waals surface area contributed by atoms with Crippen molar-refractivity contribution in [3.63, 3.8) is 0 Å². The fourth-order valence-corrected chi connectivity index (χ4v) is 7.94. The van der Waals surface area contributed by atoms with Crippen molar-refractivity contribution in [3.05, 3.63) is 22.7 Å². The van der Waals surface area contributed by atoms with E-state index in [9.17, 15) is 24.0 Å². The van der Waals surface area contributed by atoms with Crippen molar-refractivity contribution in [1.29, 1.82) is 0 Å². The molecule has 3 fully saturated rings. The predicted octanol–water partition coefficient (Wildman–Crippen LogP) is 4.41. The first-order valence-corrected chi connectivity index (χ1v) is 19.0. The number of benzene rings is 1. The summed E-state index contributed by atoms with van der Waals surface area (Å²) in [6, 6.07) is 0.264. The van der Waals surface area contributed by atoms with Crippen LogP contribution in [0, 0.1) is 11.3 Å². The maximum Gasteiger partial charge on any atom is 0.292 e. The second-order valence-corrected chi connectivity index (χ2v) is 16.2. The normalized spacial score (nSPS) is 22.9. The van der Waals surface area contributed by atoms with Crippen LogP contribution in [0.15, 0.2) is 17.3 Å². The summed E-state index contributed by atoms with van der Waals surface area (Å²) in [5.41, 5.74) is -0.707. The minimum absolute atomic E-state index is 0.00665. The largest absolute Gasteiger partial charge is 0.496 e. The number of ketones is 1. The highest BCUT2D eigenvalue weighted by atomic mass is 35.5. The molecule has 1 unspecified atom stereocenters. The molecule has 2 saturated heterocycles. The van der Waals surface area contributed by atoms with Gasteiger partial charge in [0.1, 0.15) is 23.6 Å². The van der Waals surface area contributed by atoms with Crippen molar-refractivity contribution >= 4 is 46.7 Å². The molecule has 5 rings (SSSR count). The molecule has 1 saturated carbocycles. The predicted molar refractivity (Wildman–Crippen MR) is 195 cm³/mol. The summed E-state index contributed by atoms with van der Waals surface area (Å²) < 4.78 is 11.0. The molecule has 1 spiro atoms. The Labute approximate surface area is 311 Å². The summed E-state index contributed by atoms with van der Waals surface area (Å²) in [6.45, 7) is 8.51. The molecular formula is C38H54ClN5O8. The van der Waals surface area contributed by atoms with Gasteiger partial charge in [-0.05, 0) is 43.1 Å². The van der Waals surface area contributed by atoms with Crippen LogP contribution in [0.25, 0.3) is 0 Å². The van der Waals surface area contributed by atoms with Gasteiger partial charge < -0.3 is 34.7 Å². The lowest BCUT2D eigenvalue weighted by atomic mass is 9.84. The van der Waals surface area contributed by atoms with Gasteiger partial charge in [-0.1, -0.05) is 70.1 Å². The number of likely N-dealkylation sites (tertiary alicyclic amines) is 2. The van der Waals surface area contributed by atoms with Crippen molar-refractivity contribution in [2.45, 2.75) is 122 Å². The molecule has 14 heteroatoms. The molecule has 0 radical (unpaired) electrons. The van der Waals surface area contributed by atoms with Gasteiger partial charge >= 0.3 is 0 Å². The Kier molecular flexibility index (Phi) is 12.4. The van der Waals surface area contributed by atoms with E-state index in [4.69, 9.17) is 25.9 Å². The molecule has 286 valence electrons. The topological polar surface area (TPSA) is 156 Å². The summed E-state index contributed by atoms with van der Waals surface area (Å²) in [6.07, 6.45) is 7.59. The second kappa shape index (κ2) is 16.4. The van der Waals surface area contributed by atoms with E-state index < -0.39 is 52.6 Å². The first-order valence-electron chi connectivity index (χ1n) is 18.6. The van der Waals surface area contributed by atoms with Gasteiger partial charge in [-0.3, -0.25) is 24.0 Å². The molecule has 3 heterocycles. The van der Waals surface area contributed by atoms with Crippen LogP contribution < -0.4 is 20.1 Å². The average molecular weight is 744 g/mol. The van der Waals surface area contributed by atoms with Crippen LogP contribution in [-0.2, 0) is 28.8 Å².